The van der Waals surface area contributed by atoms with Crippen LogP contribution < -0.4 is 5.32 Å². The minimum atomic E-state index is -0.978. The van der Waals surface area contributed by atoms with E-state index in [1.807, 2.05) is 6.07 Å². The number of fused-ring (bicyclic) bond motifs is 1. The van der Waals surface area contributed by atoms with E-state index in [-0.39, 0.29) is 5.69 Å². The number of aromatic carboxylic acids is 1. The number of aromatic nitrogens is 1. The molecule has 2 saturated heterocycles. The number of carboxylic acid groups (broad SMARTS) is 1. The summed E-state index contributed by atoms with van der Waals surface area (Å²) >= 11 is 0. The van der Waals surface area contributed by atoms with Crippen LogP contribution >= 0.6 is 0 Å². The first-order chi connectivity index (χ1) is 9.22. The zero-order valence-corrected chi connectivity index (χ0v) is 10.9. The fourth-order valence-corrected chi connectivity index (χ4v) is 3.23. The number of carbonyl (C=O) groups is 1. The van der Waals surface area contributed by atoms with Crippen molar-refractivity contribution in [1.82, 2.24) is 9.88 Å². The molecule has 5 nitrogen and oxygen atoms in total. The Morgan fingerprint density at radius 2 is 2.32 bits per heavy atom. The van der Waals surface area contributed by atoms with Crippen LogP contribution in [0.2, 0.25) is 0 Å². The number of anilines is 1. The van der Waals surface area contributed by atoms with E-state index < -0.39 is 5.97 Å². The fraction of sp³-hybridized carbons (Fsp3) is 0.571. The minimum Gasteiger partial charge on any atom is -0.477 e. The average molecular weight is 261 g/mol. The van der Waals surface area contributed by atoms with E-state index in [0.29, 0.717) is 12.1 Å². The van der Waals surface area contributed by atoms with Crippen LogP contribution in [-0.2, 0) is 0 Å². The van der Waals surface area contributed by atoms with E-state index >= 15 is 0 Å². The standard InChI is InChI=1S/C14H19N3O2/c18-14(19)13-9-10(3-5-15-13)16-11-4-7-17-6-1-2-12(17)8-11/h3,5,9,11-12H,1-2,4,6-8H2,(H,15,16)(H,18,19). The maximum absolute atomic E-state index is 10.9. The maximum Gasteiger partial charge on any atom is 0.354 e. The van der Waals surface area contributed by atoms with Gasteiger partial charge in [-0.15, -0.1) is 0 Å². The van der Waals surface area contributed by atoms with E-state index in [2.05, 4.69) is 15.2 Å². The van der Waals surface area contributed by atoms with Gasteiger partial charge in [-0.05, 0) is 44.4 Å². The van der Waals surface area contributed by atoms with Crippen LogP contribution in [0.1, 0.15) is 36.2 Å². The summed E-state index contributed by atoms with van der Waals surface area (Å²) < 4.78 is 0. The first-order valence-corrected chi connectivity index (χ1v) is 6.92. The van der Waals surface area contributed by atoms with Gasteiger partial charge in [0, 0.05) is 30.5 Å². The van der Waals surface area contributed by atoms with Crippen molar-refractivity contribution in [3.63, 3.8) is 0 Å². The van der Waals surface area contributed by atoms with Gasteiger partial charge in [0.2, 0.25) is 0 Å². The predicted molar refractivity (Wildman–Crippen MR) is 72.4 cm³/mol. The van der Waals surface area contributed by atoms with Gasteiger partial charge in [-0.1, -0.05) is 0 Å². The summed E-state index contributed by atoms with van der Waals surface area (Å²) in [4.78, 5) is 17.3. The normalized spacial score (nSPS) is 26.9. The van der Waals surface area contributed by atoms with E-state index in [1.165, 1.54) is 19.4 Å². The Kier molecular flexibility index (Phi) is 3.38. The number of rotatable bonds is 3. The number of nitrogens with zero attached hydrogens (tertiary/aromatic N) is 2. The van der Waals surface area contributed by atoms with Crippen molar-refractivity contribution in [3.8, 4) is 0 Å². The molecule has 0 aromatic carbocycles. The largest absolute Gasteiger partial charge is 0.477 e. The number of piperidine rings is 1. The van der Waals surface area contributed by atoms with Crippen molar-refractivity contribution in [2.45, 2.75) is 37.8 Å². The molecule has 2 atom stereocenters. The third kappa shape index (κ3) is 2.71. The molecule has 102 valence electrons. The number of hydrogen-bond donors (Lipinski definition) is 2. The molecule has 0 saturated carbocycles. The van der Waals surface area contributed by atoms with Gasteiger partial charge < -0.3 is 15.3 Å². The minimum absolute atomic E-state index is 0.100. The van der Waals surface area contributed by atoms with Gasteiger partial charge in [-0.2, -0.15) is 0 Å². The molecule has 0 bridgehead atoms. The number of hydrogen-bond acceptors (Lipinski definition) is 4. The summed E-state index contributed by atoms with van der Waals surface area (Å²) in [6.45, 7) is 2.40. The molecule has 0 amide bonds. The number of nitrogens with one attached hydrogen (secondary N) is 1. The molecule has 0 spiro atoms. The first kappa shape index (κ1) is 12.4. The molecule has 0 radical (unpaired) electrons. The zero-order valence-electron chi connectivity index (χ0n) is 10.9. The Balaban J connectivity index is 1.65. The highest BCUT2D eigenvalue weighted by atomic mass is 16.4. The van der Waals surface area contributed by atoms with Gasteiger partial charge >= 0.3 is 5.97 Å². The molecule has 3 heterocycles. The molecule has 5 heteroatoms. The molecule has 0 aliphatic carbocycles. The van der Waals surface area contributed by atoms with Crippen LogP contribution in [0.25, 0.3) is 0 Å². The molecule has 3 rings (SSSR count). The third-order valence-corrected chi connectivity index (χ3v) is 4.17. The van der Waals surface area contributed by atoms with Crippen LogP contribution in [-0.4, -0.2) is 46.1 Å². The topological polar surface area (TPSA) is 65.5 Å². The van der Waals surface area contributed by atoms with Gasteiger partial charge in [0.25, 0.3) is 0 Å². The van der Waals surface area contributed by atoms with E-state index in [4.69, 9.17) is 5.11 Å². The van der Waals surface area contributed by atoms with Crippen molar-refractivity contribution in [3.05, 3.63) is 24.0 Å². The monoisotopic (exact) mass is 261 g/mol. The number of pyridine rings is 1. The highest BCUT2D eigenvalue weighted by Gasteiger charge is 2.31. The fourth-order valence-electron chi connectivity index (χ4n) is 3.23. The van der Waals surface area contributed by atoms with E-state index in [9.17, 15) is 4.79 Å². The number of carboxylic acids is 1. The van der Waals surface area contributed by atoms with E-state index in [1.54, 1.807) is 12.3 Å². The van der Waals surface area contributed by atoms with Gasteiger partial charge in [0.05, 0.1) is 0 Å². The van der Waals surface area contributed by atoms with Gasteiger partial charge in [0.1, 0.15) is 5.69 Å². The Hall–Kier alpha value is -1.62. The van der Waals surface area contributed by atoms with Crippen molar-refractivity contribution >= 4 is 11.7 Å². The van der Waals surface area contributed by atoms with Crippen molar-refractivity contribution in [2.24, 2.45) is 0 Å². The highest BCUT2D eigenvalue weighted by Crippen LogP contribution is 2.28. The predicted octanol–water partition coefficient (Wildman–Crippen LogP) is 1.82. The molecular formula is C14H19N3O2. The summed E-state index contributed by atoms with van der Waals surface area (Å²) in [7, 11) is 0. The summed E-state index contributed by atoms with van der Waals surface area (Å²) in [5.74, 6) is -0.978. The van der Waals surface area contributed by atoms with Crippen LogP contribution in [0.5, 0.6) is 0 Å². The Bertz CT molecular complexity index is 478. The highest BCUT2D eigenvalue weighted by molar-refractivity contribution is 5.86. The third-order valence-electron chi connectivity index (χ3n) is 4.17. The Morgan fingerprint density at radius 3 is 3.16 bits per heavy atom. The van der Waals surface area contributed by atoms with Crippen molar-refractivity contribution < 1.29 is 9.90 Å². The molecular weight excluding hydrogens is 242 g/mol. The van der Waals surface area contributed by atoms with Crippen molar-refractivity contribution in [1.29, 1.82) is 0 Å². The molecule has 2 aliphatic heterocycles. The molecule has 19 heavy (non-hydrogen) atoms. The lowest BCUT2D eigenvalue weighted by Gasteiger charge is -2.35. The molecule has 2 N–H and O–H groups in total. The van der Waals surface area contributed by atoms with Crippen molar-refractivity contribution in [2.75, 3.05) is 18.4 Å². The Labute approximate surface area is 112 Å². The van der Waals surface area contributed by atoms with Crippen LogP contribution in [0.3, 0.4) is 0 Å². The second kappa shape index (κ2) is 5.17. The quantitative estimate of drug-likeness (QED) is 0.869. The summed E-state index contributed by atoms with van der Waals surface area (Å²) in [6.07, 6.45) is 6.45. The Morgan fingerprint density at radius 1 is 1.42 bits per heavy atom. The summed E-state index contributed by atoms with van der Waals surface area (Å²) in [5, 5.41) is 12.4. The van der Waals surface area contributed by atoms with E-state index in [0.717, 1.165) is 25.1 Å². The molecule has 2 aliphatic rings. The van der Waals surface area contributed by atoms with Crippen LogP contribution in [0.15, 0.2) is 18.3 Å². The van der Waals surface area contributed by atoms with Gasteiger partial charge in [0.15, 0.2) is 0 Å². The molecule has 1 aromatic heterocycles. The first-order valence-electron chi connectivity index (χ1n) is 6.92. The molecule has 2 fully saturated rings. The molecule has 1 aromatic rings. The average Bonchev–Trinajstić information content (AvgIpc) is 2.86. The lowest BCUT2D eigenvalue weighted by atomic mass is 9.97. The molecule has 2 unspecified atom stereocenters. The summed E-state index contributed by atoms with van der Waals surface area (Å²) in [6, 6.07) is 4.62. The zero-order chi connectivity index (χ0) is 13.2. The lowest BCUT2D eigenvalue weighted by molar-refractivity contribution is 0.0690. The second-order valence-corrected chi connectivity index (χ2v) is 5.43. The smallest absolute Gasteiger partial charge is 0.354 e. The van der Waals surface area contributed by atoms with Crippen LogP contribution in [0.4, 0.5) is 5.69 Å². The lowest BCUT2D eigenvalue weighted by Crippen LogP contribution is -2.42. The summed E-state index contributed by atoms with van der Waals surface area (Å²) in [5.41, 5.74) is 0.965. The maximum atomic E-state index is 10.9. The second-order valence-electron chi connectivity index (χ2n) is 5.43. The van der Waals surface area contributed by atoms with Crippen LogP contribution in [0, 0.1) is 0 Å². The van der Waals surface area contributed by atoms with Gasteiger partial charge in [-0.25, -0.2) is 9.78 Å². The SMILES string of the molecule is O=C(O)c1cc(NC2CCN3CCCC3C2)ccn1. The van der Waals surface area contributed by atoms with Gasteiger partial charge in [-0.3, -0.25) is 0 Å².